The van der Waals surface area contributed by atoms with Crippen molar-refractivity contribution < 1.29 is 4.79 Å². The van der Waals surface area contributed by atoms with Gasteiger partial charge >= 0.3 is 0 Å². The van der Waals surface area contributed by atoms with E-state index >= 15 is 0 Å². The molecule has 2 heterocycles. The minimum atomic E-state index is -0.611. The molecule has 0 aliphatic carbocycles. The van der Waals surface area contributed by atoms with Crippen LogP contribution in [0.2, 0.25) is 0 Å². The second-order valence-corrected chi connectivity index (χ2v) is 6.21. The molecule has 4 nitrogen and oxygen atoms in total. The van der Waals surface area contributed by atoms with Crippen LogP contribution in [0.3, 0.4) is 0 Å². The summed E-state index contributed by atoms with van der Waals surface area (Å²) in [6.45, 7) is 2.18. The normalized spacial score (nSPS) is 16.0. The molecular weight excluding hydrogens is 282 g/mol. The smallest absolute Gasteiger partial charge is 0.246 e. The van der Waals surface area contributed by atoms with Crippen LogP contribution >= 0.6 is 11.3 Å². The largest absolute Gasteiger partial charge is 0.371 e. The maximum absolute atomic E-state index is 12.2. The van der Waals surface area contributed by atoms with Crippen molar-refractivity contribution in [3.8, 4) is 0 Å². The molecule has 1 aromatic carbocycles. The van der Waals surface area contributed by atoms with Gasteiger partial charge in [0.05, 0.1) is 0 Å². The summed E-state index contributed by atoms with van der Waals surface area (Å²) < 4.78 is 0. The zero-order valence-electron chi connectivity index (χ0n) is 11.8. The number of benzene rings is 1. The molecule has 5 heteroatoms. The van der Waals surface area contributed by atoms with E-state index in [0.717, 1.165) is 29.3 Å². The van der Waals surface area contributed by atoms with Crippen molar-refractivity contribution >= 4 is 28.6 Å². The van der Waals surface area contributed by atoms with Gasteiger partial charge in [-0.3, -0.25) is 4.79 Å². The quantitative estimate of drug-likeness (QED) is 0.912. The highest BCUT2D eigenvalue weighted by Gasteiger charge is 2.17. The molecule has 1 aromatic heterocycles. The zero-order valence-corrected chi connectivity index (χ0v) is 12.6. The van der Waals surface area contributed by atoms with Crippen LogP contribution < -0.4 is 16.0 Å². The SMILES string of the molecule is NC(C(=O)Nc1cccc(N2CCCC2)c1)c1cccs1. The van der Waals surface area contributed by atoms with Crippen molar-refractivity contribution in [2.24, 2.45) is 5.73 Å². The molecule has 0 radical (unpaired) electrons. The standard InChI is InChI=1S/C16H19N3OS/c17-15(14-7-4-10-21-14)16(20)18-12-5-3-6-13(11-12)19-8-1-2-9-19/h3-7,10-11,15H,1-2,8-9,17H2,(H,18,20). The summed E-state index contributed by atoms with van der Waals surface area (Å²) in [5.74, 6) is -0.170. The van der Waals surface area contributed by atoms with Gasteiger partial charge in [-0.2, -0.15) is 0 Å². The molecule has 1 fully saturated rings. The summed E-state index contributed by atoms with van der Waals surface area (Å²) >= 11 is 1.50. The minimum Gasteiger partial charge on any atom is -0.371 e. The third-order valence-corrected chi connectivity index (χ3v) is 4.67. The fourth-order valence-corrected chi connectivity index (χ4v) is 3.30. The molecule has 1 unspecified atom stereocenters. The van der Waals surface area contributed by atoms with Gasteiger partial charge in [-0.05, 0) is 42.5 Å². The molecule has 3 rings (SSSR count). The van der Waals surface area contributed by atoms with E-state index in [-0.39, 0.29) is 5.91 Å². The molecule has 0 saturated carbocycles. The number of nitrogens with zero attached hydrogens (tertiary/aromatic N) is 1. The summed E-state index contributed by atoms with van der Waals surface area (Å²) in [4.78, 5) is 15.4. The third kappa shape index (κ3) is 3.25. The maximum atomic E-state index is 12.2. The molecule has 1 aliphatic rings. The number of carbonyl (C=O) groups excluding carboxylic acids is 1. The van der Waals surface area contributed by atoms with E-state index in [0.29, 0.717) is 0 Å². The first-order valence-corrected chi connectivity index (χ1v) is 8.07. The van der Waals surface area contributed by atoms with Crippen LogP contribution in [0.15, 0.2) is 41.8 Å². The highest BCUT2D eigenvalue weighted by Crippen LogP contribution is 2.24. The van der Waals surface area contributed by atoms with Gasteiger partial charge in [-0.1, -0.05) is 12.1 Å². The van der Waals surface area contributed by atoms with Gasteiger partial charge in [0.15, 0.2) is 0 Å². The van der Waals surface area contributed by atoms with Gasteiger partial charge in [0.2, 0.25) is 5.91 Å². The molecule has 2 aromatic rings. The van der Waals surface area contributed by atoms with Gasteiger partial charge in [0.1, 0.15) is 6.04 Å². The zero-order chi connectivity index (χ0) is 14.7. The van der Waals surface area contributed by atoms with Crippen LogP contribution in [0.1, 0.15) is 23.8 Å². The van der Waals surface area contributed by atoms with Crippen LogP contribution in [0.5, 0.6) is 0 Å². The highest BCUT2D eigenvalue weighted by molar-refractivity contribution is 7.10. The van der Waals surface area contributed by atoms with E-state index in [1.165, 1.54) is 24.2 Å². The Hall–Kier alpha value is -1.85. The topological polar surface area (TPSA) is 58.4 Å². The number of amides is 1. The predicted molar refractivity (Wildman–Crippen MR) is 87.8 cm³/mol. The fraction of sp³-hybridized carbons (Fsp3) is 0.312. The Balaban J connectivity index is 1.69. The highest BCUT2D eigenvalue weighted by atomic mass is 32.1. The number of anilines is 2. The van der Waals surface area contributed by atoms with Crippen LogP contribution in [0, 0.1) is 0 Å². The molecule has 1 aliphatic heterocycles. The van der Waals surface area contributed by atoms with Crippen molar-refractivity contribution in [2.75, 3.05) is 23.3 Å². The Labute approximate surface area is 128 Å². The molecule has 1 amide bonds. The summed E-state index contributed by atoms with van der Waals surface area (Å²) in [7, 11) is 0. The second kappa shape index (κ2) is 6.28. The first-order chi connectivity index (χ1) is 10.2. The van der Waals surface area contributed by atoms with E-state index in [9.17, 15) is 4.79 Å². The number of nitrogens with two attached hydrogens (primary N) is 1. The first-order valence-electron chi connectivity index (χ1n) is 7.19. The summed E-state index contributed by atoms with van der Waals surface area (Å²) in [6.07, 6.45) is 2.47. The lowest BCUT2D eigenvalue weighted by molar-refractivity contribution is -0.117. The fourth-order valence-electron chi connectivity index (χ4n) is 2.57. The Morgan fingerprint density at radius 3 is 2.76 bits per heavy atom. The lowest BCUT2D eigenvalue weighted by Gasteiger charge is -2.19. The van der Waals surface area contributed by atoms with E-state index in [1.807, 2.05) is 35.7 Å². The van der Waals surface area contributed by atoms with Crippen molar-refractivity contribution in [3.63, 3.8) is 0 Å². The van der Waals surface area contributed by atoms with Crippen LogP contribution in [0.25, 0.3) is 0 Å². The van der Waals surface area contributed by atoms with Crippen LogP contribution in [-0.2, 0) is 4.79 Å². The predicted octanol–water partition coefficient (Wildman–Crippen LogP) is 2.99. The van der Waals surface area contributed by atoms with Crippen LogP contribution in [-0.4, -0.2) is 19.0 Å². The van der Waals surface area contributed by atoms with Crippen molar-refractivity contribution in [2.45, 2.75) is 18.9 Å². The Bertz CT molecular complexity index is 606. The molecular formula is C16H19N3OS. The van der Waals surface area contributed by atoms with Gasteiger partial charge < -0.3 is 16.0 Å². The van der Waals surface area contributed by atoms with E-state index in [2.05, 4.69) is 16.3 Å². The number of nitrogens with one attached hydrogen (secondary N) is 1. The Kier molecular flexibility index (Phi) is 4.22. The molecule has 3 N–H and O–H groups in total. The number of thiophene rings is 1. The Morgan fingerprint density at radius 2 is 2.05 bits per heavy atom. The summed E-state index contributed by atoms with van der Waals surface area (Å²) in [5.41, 5.74) is 7.94. The second-order valence-electron chi connectivity index (χ2n) is 5.23. The van der Waals surface area contributed by atoms with Crippen LogP contribution in [0.4, 0.5) is 11.4 Å². The van der Waals surface area contributed by atoms with E-state index in [1.54, 1.807) is 0 Å². The molecule has 0 bridgehead atoms. The monoisotopic (exact) mass is 301 g/mol. The lowest BCUT2D eigenvalue weighted by Crippen LogP contribution is -2.27. The van der Waals surface area contributed by atoms with E-state index in [4.69, 9.17) is 5.73 Å². The molecule has 110 valence electrons. The summed E-state index contributed by atoms with van der Waals surface area (Å²) in [5, 5.41) is 4.84. The van der Waals surface area contributed by atoms with E-state index < -0.39 is 6.04 Å². The third-order valence-electron chi connectivity index (χ3n) is 3.72. The van der Waals surface area contributed by atoms with Crippen molar-refractivity contribution in [1.29, 1.82) is 0 Å². The number of hydrogen-bond donors (Lipinski definition) is 2. The minimum absolute atomic E-state index is 0.170. The number of carbonyl (C=O) groups is 1. The average molecular weight is 301 g/mol. The number of rotatable bonds is 4. The lowest BCUT2D eigenvalue weighted by atomic mass is 10.2. The summed E-state index contributed by atoms with van der Waals surface area (Å²) in [6, 6.07) is 11.2. The number of hydrogen-bond acceptors (Lipinski definition) is 4. The van der Waals surface area contributed by atoms with Crippen molar-refractivity contribution in [3.05, 3.63) is 46.7 Å². The van der Waals surface area contributed by atoms with Gasteiger partial charge in [-0.15, -0.1) is 11.3 Å². The maximum Gasteiger partial charge on any atom is 0.246 e. The average Bonchev–Trinajstić information content (AvgIpc) is 3.20. The Morgan fingerprint density at radius 1 is 1.24 bits per heavy atom. The first kappa shape index (κ1) is 14.1. The molecule has 1 atom stereocenters. The molecule has 21 heavy (non-hydrogen) atoms. The van der Waals surface area contributed by atoms with Gasteiger partial charge in [0.25, 0.3) is 0 Å². The van der Waals surface area contributed by atoms with Gasteiger partial charge in [0, 0.05) is 29.3 Å². The molecule has 0 spiro atoms. The van der Waals surface area contributed by atoms with Gasteiger partial charge in [-0.25, -0.2) is 0 Å². The molecule has 1 saturated heterocycles. The van der Waals surface area contributed by atoms with Crippen molar-refractivity contribution in [1.82, 2.24) is 0 Å².